The number of carbonyl (C=O) groups is 1. The Bertz CT molecular complexity index is 130. The molecule has 1 amide bonds. The summed E-state index contributed by atoms with van der Waals surface area (Å²) in [5.41, 5.74) is 5.32. The summed E-state index contributed by atoms with van der Waals surface area (Å²) >= 11 is 0. The van der Waals surface area contributed by atoms with Gasteiger partial charge in [0.25, 0.3) is 0 Å². The van der Waals surface area contributed by atoms with Crippen LogP contribution in [0.1, 0.15) is 0 Å². The fraction of sp³-hybridized carbons (Fsp3) is 0.857. The van der Waals surface area contributed by atoms with E-state index in [4.69, 9.17) is 10.8 Å². The van der Waals surface area contributed by atoms with Crippen molar-refractivity contribution in [2.24, 2.45) is 5.73 Å². The van der Waals surface area contributed by atoms with E-state index in [0.29, 0.717) is 13.1 Å². The molecule has 4 N–H and O–H groups in total. The number of nitrogens with two attached hydrogens (primary N) is 1. The molecule has 0 fully saturated rings. The van der Waals surface area contributed by atoms with Gasteiger partial charge in [-0.2, -0.15) is 0 Å². The minimum absolute atomic E-state index is 0.337. The van der Waals surface area contributed by atoms with Crippen LogP contribution in [0.3, 0.4) is 0 Å². The van der Waals surface area contributed by atoms with Crippen molar-refractivity contribution in [1.29, 1.82) is 0 Å². The van der Waals surface area contributed by atoms with Gasteiger partial charge in [0.15, 0.2) is 0 Å². The Hall–Kier alpha value is -0.650. The summed E-state index contributed by atoms with van der Waals surface area (Å²) in [6.07, 6.45) is 0. The predicted octanol–water partition coefficient (Wildman–Crippen LogP) is -2.01. The van der Waals surface area contributed by atoms with Crippen molar-refractivity contribution in [1.82, 2.24) is 10.2 Å². The van der Waals surface area contributed by atoms with E-state index in [9.17, 15) is 4.79 Å². The first kappa shape index (κ1) is 11.4. The molecule has 0 saturated heterocycles. The van der Waals surface area contributed by atoms with E-state index in [1.165, 1.54) is 0 Å². The molecule has 0 heterocycles. The Kier molecular flexibility index (Phi) is 6.64. The maximum absolute atomic E-state index is 10.5. The number of likely N-dealkylation sites (N-methyl/N-ethyl adjacent to an activating group) is 1. The monoisotopic (exact) mass is 175 g/mol. The van der Waals surface area contributed by atoms with Gasteiger partial charge < -0.3 is 21.1 Å². The van der Waals surface area contributed by atoms with Crippen LogP contribution in [0.25, 0.3) is 0 Å². The number of aliphatic hydroxyl groups excluding tert-OH is 1. The van der Waals surface area contributed by atoms with Gasteiger partial charge in [-0.1, -0.05) is 0 Å². The number of carbonyl (C=O) groups excluding carboxylic acids is 1. The zero-order valence-electron chi connectivity index (χ0n) is 7.42. The molecule has 0 atom stereocenters. The molecule has 0 spiro atoms. The first-order valence-electron chi connectivity index (χ1n) is 3.97. The largest absolute Gasteiger partial charge is 0.387 e. The summed E-state index contributed by atoms with van der Waals surface area (Å²) in [6, 6.07) is 0. The second-order valence-electron chi connectivity index (χ2n) is 2.60. The Morgan fingerprint density at radius 2 is 2.25 bits per heavy atom. The third-order valence-electron chi connectivity index (χ3n) is 1.47. The van der Waals surface area contributed by atoms with Crippen molar-refractivity contribution in [3.05, 3.63) is 0 Å². The quantitative estimate of drug-likeness (QED) is 0.435. The third-order valence-corrected chi connectivity index (χ3v) is 1.47. The molecule has 0 bridgehead atoms. The Balaban J connectivity index is 3.24. The highest BCUT2D eigenvalue weighted by molar-refractivity contribution is 5.76. The molecule has 0 aliphatic heterocycles. The second kappa shape index (κ2) is 7.02. The van der Waals surface area contributed by atoms with Crippen LogP contribution < -0.4 is 11.1 Å². The Labute approximate surface area is 72.5 Å². The number of hydrogen-bond donors (Lipinski definition) is 3. The van der Waals surface area contributed by atoms with E-state index in [1.807, 2.05) is 11.9 Å². The summed E-state index contributed by atoms with van der Waals surface area (Å²) in [4.78, 5) is 12.6. The van der Waals surface area contributed by atoms with Crippen molar-refractivity contribution in [3.8, 4) is 0 Å². The summed E-state index contributed by atoms with van der Waals surface area (Å²) in [7, 11) is 1.93. The van der Waals surface area contributed by atoms with Gasteiger partial charge in [-0.15, -0.1) is 0 Å². The van der Waals surface area contributed by atoms with Crippen molar-refractivity contribution in [3.63, 3.8) is 0 Å². The molecule has 5 heteroatoms. The number of rotatable bonds is 6. The van der Waals surface area contributed by atoms with Gasteiger partial charge >= 0.3 is 0 Å². The molecule has 0 radical (unpaired) electrons. The molecule has 0 rings (SSSR count). The van der Waals surface area contributed by atoms with Gasteiger partial charge in [0.1, 0.15) is 6.61 Å². The molecule has 0 aliphatic carbocycles. The van der Waals surface area contributed by atoms with Crippen LogP contribution in [0, 0.1) is 0 Å². The molecule has 0 unspecified atom stereocenters. The van der Waals surface area contributed by atoms with Crippen LogP contribution in [-0.2, 0) is 4.79 Å². The van der Waals surface area contributed by atoms with Gasteiger partial charge in [0.2, 0.25) is 5.91 Å². The Morgan fingerprint density at radius 3 is 2.75 bits per heavy atom. The van der Waals surface area contributed by atoms with Gasteiger partial charge in [0, 0.05) is 26.2 Å². The standard InChI is InChI=1S/C7H17N3O2/c1-10(4-2-8)5-3-9-7(12)6-11/h11H,2-6,8H2,1H3,(H,9,12). The number of aliphatic hydroxyl groups is 1. The fourth-order valence-electron chi connectivity index (χ4n) is 0.774. The number of hydrogen-bond acceptors (Lipinski definition) is 4. The molecule has 0 saturated carbocycles. The highest BCUT2D eigenvalue weighted by atomic mass is 16.3. The van der Waals surface area contributed by atoms with Gasteiger partial charge in [-0.3, -0.25) is 4.79 Å². The minimum Gasteiger partial charge on any atom is -0.387 e. The normalized spacial score (nSPS) is 10.3. The first-order valence-corrected chi connectivity index (χ1v) is 3.97. The maximum Gasteiger partial charge on any atom is 0.245 e. The Morgan fingerprint density at radius 1 is 1.58 bits per heavy atom. The number of nitrogens with one attached hydrogen (secondary N) is 1. The lowest BCUT2D eigenvalue weighted by Gasteiger charge is -2.14. The third kappa shape index (κ3) is 6.09. The molecule has 0 aliphatic rings. The molecule has 0 aromatic carbocycles. The zero-order chi connectivity index (χ0) is 9.40. The molecule has 5 nitrogen and oxygen atoms in total. The van der Waals surface area contributed by atoms with E-state index >= 15 is 0 Å². The number of nitrogens with zero attached hydrogens (tertiary/aromatic N) is 1. The molecule has 72 valence electrons. The van der Waals surface area contributed by atoms with Gasteiger partial charge in [0.05, 0.1) is 0 Å². The lowest BCUT2D eigenvalue weighted by molar-refractivity contribution is -0.123. The van der Waals surface area contributed by atoms with E-state index in [-0.39, 0.29) is 5.91 Å². The molecule has 0 aromatic heterocycles. The highest BCUT2D eigenvalue weighted by Gasteiger charge is 1.98. The average Bonchev–Trinajstić information content (AvgIpc) is 2.04. The summed E-state index contributed by atoms with van der Waals surface area (Å²) < 4.78 is 0. The topological polar surface area (TPSA) is 78.6 Å². The van der Waals surface area contributed by atoms with Crippen molar-refractivity contribution in [2.75, 3.05) is 39.8 Å². The van der Waals surface area contributed by atoms with E-state index in [0.717, 1.165) is 13.1 Å². The lowest BCUT2D eigenvalue weighted by Crippen LogP contribution is -2.36. The van der Waals surface area contributed by atoms with E-state index in [2.05, 4.69) is 5.32 Å². The molecular formula is C7H17N3O2. The average molecular weight is 175 g/mol. The van der Waals surface area contributed by atoms with E-state index < -0.39 is 6.61 Å². The van der Waals surface area contributed by atoms with Gasteiger partial charge in [-0.25, -0.2) is 0 Å². The summed E-state index contributed by atoms with van der Waals surface area (Å²) in [5.74, 6) is -0.337. The second-order valence-corrected chi connectivity index (χ2v) is 2.60. The van der Waals surface area contributed by atoms with Crippen LogP contribution in [0.15, 0.2) is 0 Å². The number of amides is 1. The van der Waals surface area contributed by atoms with Crippen LogP contribution in [0.2, 0.25) is 0 Å². The van der Waals surface area contributed by atoms with Gasteiger partial charge in [-0.05, 0) is 7.05 Å². The lowest BCUT2D eigenvalue weighted by atomic mass is 10.5. The summed E-state index contributed by atoms with van der Waals surface area (Å²) in [6.45, 7) is 2.29. The first-order chi connectivity index (χ1) is 5.70. The van der Waals surface area contributed by atoms with Crippen LogP contribution in [-0.4, -0.2) is 55.7 Å². The SMILES string of the molecule is CN(CCN)CCNC(=O)CO. The van der Waals surface area contributed by atoms with Crippen LogP contribution in [0.5, 0.6) is 0 Å². The van der Waals surface area contributed by atoms with Crippen molar-refractivity contribution < 1.29 is 9.90 Å². The zero-order valence-corrected chi connectivity index (χ0v) is 7.42. The van der Waals surface area contributed by atoms with Crippen LogP contribution >= 0.6 is 0 Å². The predicted molar refractivity (Wildman–Crippen MR) is 46.6 cm³/mol. The van der Waals surface area contributed by atoms with Crippen molar-refractivity contribution >= 4 is 5.91 Å². The fourth-order valence-corrected chi connectivity index (χ4v) is 0.774. The highest BCUT2D eigenvalue weighted by Crippen LogP contribution is 1.77. The van der Waals surface area contributed by atoms with Crippen LogP contribution in [0.4, 0.5) is 0 Å². The van der Waals surface area contributed by atoms with E-state index in [1.54, 1.807) is 0 Å². The maximum atomic E-state index is 10.5. The van der Waals surface area contributed by atoms with Crippen molar-refractivity contribution in [2.45, 2.75) is 0 Å². The smallest absolute Gasteiger partial charge is 0.245 e. The molecular weight excluding hydrogens is 158 g/mol. The summed E-state index contributed by atoms with van der Waals surface area (Å²) in [5, 5.41) is 10.9. The minimum atomic E-state index is -0.444. The molecule has 0 aromatic rings. The molecule has 12 heavy (non-hydrogen) atoms.